The third kappa shape index (κ3) is 7.94. The molecule has 2 unspecified atom stereocenters. The molecule has 158 valence electrons. The fourth-order valence-corrected chi connectivity index (χ4v) is 4.44. The predicted octanol–water partition coefficient (Wildman–Crippen LogP) is 2.08. The number of benzene rings is 1. The summed E-state index contributed by atoms with van der Waals surface area (Å²) in [5.41, 5.74) is 1.61. The smallest absolute Gasteiger partial charge is 0.251 e. The zero-order chi connectivity index (χ0) is 19.9. The Balaban J connectivity index is 0.00000392. The molecule has 28 heavy (non-hydrogen) atoms. The summed E-state index contributed by atoms with van der Waals surface area (Å²) in [6.07, 6.45) is 1.49. The van der Waals surface area contributed by atoms with E-state index in [1.165, 1.54) is 0 Å². The highest BCUT2D eigenvalue weighted by Crippen LogP contribution is 2.11. The van der Waals surface area contributed by atoms with Gasteiger partial charge in [0.1, 0.15) is 0 Å². The molecule has 0 radical (unpaired) electrons. The molecule has 9 heteroatoms. The first kappa shape index (κ1) is 24.7. The third-order valence-corrected chi connectivity index (χ3v) is 6.31. The second-order valence-electron chi connectivity index (χ2n) is 6.92. The fraction of sp³-hybridized carbons (Fsp3) is 0.579. The Kier molecular flexibility index (Phi) is 10.2. The molecule has 1 amide bonds. The van der Waals surface area contributed by atoms with E-state index in [0.717, 1.165) is 12.0 Å². The van der Waals surface area contributed by atoms with Gasteiger partial charge in [0.05, 0.1) is 18.1 Å². The van der Waals surface area contributed by atoms with Gasteiger partial charge < -0.3 is 16.0 Å². The Morgan fingerprint density at radius 1 is 1.25 bits per heavy atom. The zero-order valence-corrected chi connectivity index (χ0v) is 19.8. The van der Waals surface area contributed by atoms with Crippen LogP contribution in [0.2, 0.25) is 0 Å². The van der Waals surface area contributed by atoms with E-state index in [1.54, 1.807) is 12.1 Å². The van der Waals surface area contributed by atoms with Gasteiger partial charge in [-0.1, -0.05) is 19.1 Å². The lowest BCUT2D eigenvalue weighted by Crippen LogP contribution is -2.44. The summed E-state index contributed by atoms with van der Waals surface area (Å²) in [6, 6.07) is 7.42. The van der Waals surface area contributed by atoms with Gasteiger partial charge >= 0.3 is 0 Å². The molecular formula is C19H31IN4O3S. The van der Waals surface area contributed by atoms with Gasteiger partial charge in [0, 0.05) is 24.2 Å². The van der Waals surface area contributed by atoms with Gasteiger partial charge in [-0.05, 0) is 44.4 Å². The van der Waals surface area contributed by atoms with Crippen LogP contribution in [-0.4, -0.2) is 50.4 Å². The van der Waals surface area contributed by atoms with Crippen molar-refractivity contribution in [3.63, 3.8) is 0 Å². The first-order valence-electron chi connectivity index (χ1n) is 9.48. The molecule has 2 rings (SSSR count). The van der Waals surface area contributed by atoms with Crippen LogP contribution in [0.1, 0.15) is 49.5 Å². The van der Waals surface area contributed by atoms with Crippen LogP contribution in [0.15, 0.2) is 29.3 Å². The average molecular weight is 522 g/mol. The molecule has 1 aliphatic rings. The molecule has 1 saturated heterocycles. The number of carbonyl (C=O) groups excluding carboxylic acids is 1. The number of halogens is 1. The van der Waals surface area contributed by atoms with Crippen LogP contribution < -0.4 is 16.0 Å². The Morgan fingerprint density at radius 2 is 1.93 bits per heavy atom. The van der Waals surface area contributed by atoms with E-state index in [4.69, 9.17) is 0 Å². The van der Waals surface area contributed by atoms with E-state index in [0.29, 0.717) is 31.0 Å². The van der Waals surface area contributed by atoms with E-state index >= 15 is 0 Å². The Bertz CT molecular complexity index is 766. The monoisotopic (exact) mass is 522 g/mol. The van der Waals surface area contributed by atoms with Crippen molar-refractivity contribution in [3.05, 3.63) is 35.4 Å². The minimum atomic E-state index is -2.93. The predicted molar refractivity (Wildman–Crippen MR) is 124 cm³/mol. The van der Waals surface area contributed by atoms with Crippen LogP contribution in [-0.2, 0) is 16.4 Å². The van der Waals surface area contributed by atoms with Crippen molar-refractivity contribution >= 4 is 45.7 Å². The van der Waals surface area contributed by atoms with Crippen molar-refractivity contribution < 1.29 is 13.2 Å². The maximum Gasteiger partial charge on any atom is 0.251 e. The van der Waals surface area contributed by atoms with Gasteiger partial charge in [-0.3, -0.25) is 4.79 Å². The average Bonchev–Trinajstić information content (AvgIpc) is 2.98. The molecular weight excluding hydrogens is 491 g/mol. The van der Waals surface area contributed by atoms with Gasteiger partial charge in [0.2, 0.25) is 0 Å². The fourth-order valence-electron chi connectivity index (χ4n) is 2.76. The van der Waals surface area contributed by atoms with Crippen LogP contribution in [0.25, 0.3) is 0 Å². The summed E-state index contributed by atoms with van der Waals surface area (Å²) in [4.78, 5) is 16.6. The van der Waals surface area contributed by atoms with E-state index in [1.807, 2.05) is 32.9 Å². The number of aliphatic imine (C=N–C) groups is 1. The second kappa shape index (κ2) is 11.6. The molecule has 0 saturated carbocycles. The molecule has 1 fully saturated rings. The van der Waals surface area contributed by atoms with Gasteiger partial charge in [-0.15, -0.1) is 24.0 Å². The minimum Gasteiger partial charge on any atom is -0.357 e. The molecule has 1 heterocycles. The number of sulfone groups is 1. The van der Waals surface area contributed by atoms with Crippen LogP contribution in [0, 0.1) is 0 Å². The molecule has 1 aliphatic heterocycles. The number of hydrogen-bond acceptors (Lipinski definition) is 4. The van der Waals surface area contributed by atoms with Crippen molar-refractivity contribution in [2.75, 3.05) is 18.1 Å². The van der Waals surface area contributed by atoms with Gasteiger partial charge in [0.15, 0.2) is 15.8 Å². The third-order valence-electron chi connectivity index (χ3n) is 4.54. The summed E-state index contributed by atoms with van der Waals surface area (Å²) >= 11 is 0. The lowest BCUT2D eigenvalue weighted by Gasteiger charge is -2.16. The Hall–Kier alpha value is -1.36. The molecule has 2 atom stereocenters. The van der Waals surface area contributed by atoms with Crippen LogP contribution in [0.4, 0.5) is 0 Å². The largest absolute Gasteiger partial charge is 0.357 e. The first-order chi connectivity index (χ1) is 12.8. The highest BCUT2D eigenvalue weighted by Gasteiger charge is 2.28. The van der Waals surface area contributed by atoms with Crippen molar-refractivity contribution in [2.24, 2.45) is 4.99 Å². The van der Waals surface area contributed by atoms with Crippen LogP contribution in [0.3, 0.4) is 0 Å². The van der Waals surface area contributed by atoms with E-state index in [9.17, 15) is 13.2 Å². The van der Waals surface area contributed by atoms with E-state index in [-0.39, 0.29) is 53.5 Å². The van der Waals surface area contributed by atoms with Gasteiger partial charge in [0.25, 0.3) is 5.91 Å². The summed E-state index contributed by atoms with van der Waals surface area (Å²) in [7, 11) is -2.93. The molecule has 3 N–H and O–H groups in total. The van der Waals surface area contributed by atoms with Crippen molar-refractivity contribution in [1.82, 2.24) is 16.0 Å². The zero-order valence-electron chi connectivity index (χ0n) is 16.7. The number of carbonyl (C=O) groups is 1. The minimum absolute atomic E-state index is 0. The molecule has 0 spiro atoms. The van der Waals surface area contributed by atoms with Crippen LogP contribution in [0.5, 0.6) is 0 Å². The Morgan fingerprint density at radius 3 is 2.46 bits per heavy atom. The number of rotatable bonds is 7. The summed E-state index contributed by atoms with van der Waals surface area (Å²) in [5.74, 6) is 0.914. The Labute approximate surface area is 185 Å². The molecule has 1 aromatic rings. The summed E-state index contributed by atoms with van der Waals surface area (Å²) in [6.45, 7) is 7.12. The second-order valence-corrected chi connectivity index (χ2v) is 9.15. The maximum absolute atomic E-state index is 12.1. The lowest BCUT2D eigenvalue weighted by molar-refractivity contribution is 0.0939. The normalized spacial score (nSPS) is 19.4. The summed E-state index contributed by atoms with van der Waals surface area (Å²) < 4.78 is 23.2. The molecule has 1 aromatic carbocycles. The molecule has 0 bridgehead atoms. The lowest BCUT2D eigenvalue weighted by atomic mass is 10.1. The number of nitrogens with one attached hydrogen (secondary N) is 3. The van der Waals surface area contributed by atoms with Crippen molar-refractivity contribution in [1.29, 1.82) is 0 Å². The number of guanidine groups is 1. The number of hydrogen-bond donors (Lipinski definition) is 3. The highest BCUT2D eigenvalue weighted by atomic mass is 127. The number of amides is 1. The van der Waals surface area contributed by atoms with Gasteiger partial charge in [-0.25, -0.2) is 13.4 Å². The van der Waals surface area contributed by atoms with Crippen molar-refractivity contribution in [3.8, 4) is 0 Å². The molecule has 7 nitrogen and oxygen atoms in total. The first-order valence-corrected chi connectivity index (χ1v) is 11.3. The molecule has 0 aliphatic carbocycles. The topological polar surface area (TPSA) is 99.7 Å². The highest BCUT2D eigenvalue weighted by molar-refractivity contribution is 14.0. The quantitative estimate of drug-likeness (QED) is 0.289. The standard InChI is InChI=1S/C19H30N4O3S.HI/c1-4-14(3)22-18(24)16-8-6-15(7-9-16)12-21-19(20-5-2)23-17-10-11-27(25,26)13-17;/h6-9,14,17H,4-5,10-13H2,1-3H3,(H,22,24)(H2,20,21,23);1H. The van der Waals surface area contributed by atoms with E-state index in [2.05, 4.69) is 20.9 Å². The van der Waals surface area contributed by atoms with Gasteiger partial charge in [-0.2, -0.15) is 0 Å². The SMILES string of the molecule is CCNC(=NCc1ccc(C(=O)NC(C)CC)cc1)NC1CCS(=O)(=O)C1.I. The van der Waals surface area contributed by atoms with Crippen molar-refractivity contribution in [2.45, 2.75) is 52.2 Å². The summed E-state index contributed by atoms with van der Waals surface area (Å²) in [5, 5.41) is 9.28. The van der Waals surface area contributed by atoms with Crippen LogP contribution >= 0.6 is 24.0 Å². The maximum atomic E-state index is 12.1. The van der Waals surface area contributed by atoms with E-state index < -0.39 is 9.84 Å². The molecule has 0 aromatic heterocycles. The number of nitrogens with zero attached hydrogens (tertiary/aromatic N) is 1.